The van der Waals surface area contributed by atoms with E-state index >= 15 is 0 Å². The summed E-state index contributed by atoms with van der Waals surface area (Å²) < 4.78 is 16.6. The van der Waals surface area contributed by atoms with Gasteiger partial charge in [0.2, 0.25) is 17.7 Å². The SMILES string of the molecule is O=C(CCCCCN1C(=O)C=CC1=O)NCCCOCCOCCOCCCNC(=O)CNC(=S)Nc1ccc(CNC(=O)CCCC[C@@H]2SC[C@@H]3NC(=O)N[C@@H]32)cc1. The zero-order valence-corrected chi connectivity index (χ0v) is 35.3. The van der Waals surface area contributed by atoms with Crippen molar-refractivity contribution in [2.75, 3.05) is 76.9 Å². The number of anilines is 1. The number of unbranched alkanes of at least 4 members (excludes halogenated alkanes) is 3. The van der Waals surface area contributed by atoms with E-state index in [0.717, 1.165) is 42.7 Å². The van der Waals surface area contributed by atoms with Crippen LogP contribution in [0.1, 0.15) is 69.8 Å². The van der Waals surface area contributed by atoms with Crippen LogP contribution in [-0.4, -0.2) is 134 Å². The molecule has 3 heterocycles. The zero-order chi connectivity index (χ0) is 42.1. The quantitative estimate of drug-likeness (QED) is 0.0255. The predicted molar refractivity (Wildman–Crippen MR) is 229 cm³/mol. The van der Waals surface area contributed by atoms with E-state index in [0.29, 0.717) is 115 Å². The summed E-state index contributed by atoms with van der Waals surface area (Å²) in [4.78, 5) is 72.3. The number of carbonyl (C=O) groups is 6. The van der Waals surface area contributed by atoms with Crippen molar-refractivity contribution >= 4 is 70.3 Å². The number of thioether (sulfide) groups is 1. The van der Waals surface area contributed by atoms with Gasteiger partial charge in [0.25, 0.3) is 11.8 Å². The number of urea groups is 1. The van der Waals surface area contributed by atoms with Crippen LogP contribution in [0.15, 0.2) is 36.4 Å². The molecule has 3 aliphatic heterocycles. The fraction of sp³-hybridized carbons (Fsp3) is 0.625. The molecule has 0 spiro atoms. The van der Waals surface area contributed by atoms with Gasteiger partial charge in [-0.2, -0.15) is 11.8 Å². The van der Waals surface area contributed by atoms with Crippen molar-refractivity contribution in [2.24, 2.45) is 0 Å². The lowest BCUT2D eigenvalue weighted by molar-refractivity contribution is -0.137. The van der Waals surface area contributed by atoms with Crippen LogP contribution >= 0.6 is 24.0 Å². The molecule has 4 rings (SSSR count). The summed E-state index contributed by atoms with van der Waals surface area (Å²) in [6.45, 7) is 4.61. The van der Waals surface area contributed by atoms with Crippen molar-refractivity contribution in [1.29, 1.82) is 0 Å². The summed E-state index contributed by atoms with van der Waals surface area (Å²) in [5, 5.41) is 21.3. The minimum absolute atomic E-state index is 0.0177. The van der Waals surface area contributed by atoms with Gasteiger partial charge in [0, 0.05) is 81.1 Å². The number of imide groups is 1. The van der Waals surface area contributed by atoms with Gasteiger partial charge in [0.15, 0.2) is 5.11 Å². The standard InChI is InChI=1S/C40H60N8O9S2/c49-33(9-2-1-5-19-48-36(52)15-16-37(48)53)41-17-6-20-55-22-24-57-25-23-56-21-7-18-42-35(51)27-44-40(58)45-30-13-11-29(12-14-30)26-43-34(50)10-4-3-8-32-38-31(28-59-32)46-39(54)47-38/h11-16,31-32,38H,1-10,17-28H2,(H,41,49)(H,42,51)(H,43,50)(H2,44,45,58)(H2,46,47,54)/t31-,32-,38-/m0/s1. The van der Waals surface area contributed by atoms with Gasteiger partial charge in [-0.05, 0) is 68.4 Å². The van der Waals surface area contributed by atoms with Crippen LogP contribution in [0, 0.1) is 0 Å². The van der Waals surface area contributed by atoms with Crippen LogP contribution in [0.5, 0.6) is 0 Å². The van der Waals surface area contributed by atoms with Gasteiger partial charge in [0.1, 0.15) is 0 Å². The fourth-order valence-electron chi connectivity index (χ4n) is 6.49. The third-order valence-electron chi connectivity index (χ3n) is 9.70. The Balaban J connectivity index is 0.860. The van der Waals surface area contributed by atoms with Crippen LogP contribution in [0.3, 0.4) is 0 Å². The van der Waals surface area contributed by atoms with Crippen molar-refractivity contribution in [2.45, 2.75) is 88.1 Å². The number of rotatable bonds is 30. The molecule has 0 bridgehead atoms. The molecule has 3 atom stereocenters. The summed E-state index contributed by atoms with van der Waals surface area (Å²) in [5.74, 6) is 0.202. The van der Waals surface area contributed by atoms with Crippen LogP contribution < -0.4 is 37.2 Å². The van der Waals surface area contributed by atoms with Gasteiger partial charge in [-0.15, -0.1) is 0 Å². The third kappa shape index (κ3) is 19.1. The molecule has 0 unspecified atom stereocenters. The molecule has 326 valence electrons. The minimum Gasteiger partial charge on any atom is -0.379 e. The van der Waals surface area contributed by atoms with Crippen molar-refractivity contribution in [3.8, 4) is 0 Å². The summed E-state index contributed by atoms with van der Waals surface area (Å²) in [7, 11) is 0. The summed E-state index contributed by atoms with van der Waals surface area (Å²) in [5.41, 5.74) is 1.73. The van der Waals surface area contributed by atoms with Gasteiger partial charge in [-0.3, -0.25) is 28.9 Å². The first-order valence-corrected chi connectivity index (χ1v) is 22.0. The van der Waals surface area contributed by atoms with Crippen LogP contribution in [0.25, 0.3) is 0 Å². The van der Waals surface area contributed by atoms with E-state index in [2.05, 4.69) is 37.2 Å². The number of nitrogens with zero attached hydrogens (tertiary/aromatic N) is 1. The maximum atomic E-state index is 12.3. The molecule has 2 fully saturated rings. The Morgan fingerprint density at radius 3 is 2.00 bits per heavy atom. The molecular weight excluding hydrogens is 801 g/mol. The lowest BCUT2D eigenvalue weighted by atomic mass is 10.0. The average Bonchev–Trinajstić information content (AvgIpc) is 3.89. The number of hydrogen-bond donors (Lipinski definition) is 7. The lowest BCUT2D eigenvalue weighted by Crippen LogP contribution is -2.39. The van der Waals surface area contributed by atoms with Gasteiger partial charge >= 0.3 is 6.03 Å². The lowest BCUT2D eigenvalue weighted by Gasteiger charge is -2.16. The van der Waals surface area contributed by atoms with Gasteiger partial charge in [-0.25, -0.2) is 4.79 Å². The number of hydrogen-bond acceptors (Lipinski definition) is 11. The molecule has 0 radical (unpaired) electrons. The van der Waals surface area contributed by atoms with E-state index in [4.69, 9.17) is 26.4 Å². The number of nitrogens with one attached hydrogen (secondary N) is 7. The molecule has 3 aliphatic rings. The smallest absolute Gasteiger partial charge is 0.315 e. The molecular formula is C40H60N8O9S2. The molecule has 0 saturated carbocycles. The summed E-state index contributed by atoms with van der Waals surface area (Å²) in [6, 6.07) is 7.89. The Hall–Kier alpha value is -4.30. The van der Waals surface area contributed by atoms with Gasteiger partial charge < -0.3 is 51.4 Å². The topological polar surface area (TPSA) is 218 Å². The Labute approximate surface area is 356 Å². The number of thiocarbonyl (C=S) groups is 1. The van der Waals surface area contributed by atoms with E-state index in [-0.39, 0.29) is 54.2 Å². The molecule has 1 aromatic rings. The van der Waals surface area contributed by atoms with E-state index in [1.807, 2.05) is 36.0 Å². The minimum atomic E-state index is -0.275. The molecule has 0 aromatic heterocycles. The highest BCUT2D eigenvalue weighted by atomic mass is 32.2. The van der Waals surface area contributed by atoms with Gasteiger partial charge in [-0.1, -0.05) is 25.0 Å². The number of carbonyl (C=O) groups excluding carboxylic acids is 6. The van der Waals surface area contributed by atoms with E-state index < -0.39 is 0 Å². The van der Waals surface area contributed by atoms with Crippen molar-refractivity contribution < 1.29 is 43.0 Å². The Bertz CT molecular complexity index is 1550. The highest BCUT2D eigenvalue weighted by Crippen LogP contribution is 2.33. The summed E-state index contributed by atoms with van der Waals surface area (Å²) in [6.07, 6.45) is 9.68. The monoisotopic (exact) mass is 860 g/mol. The van der Waals surface area contributed by atoms with E-state index in [9.17, 15) is 28.8 Å². The first-order chi connectivity index (χ1) is 28.7. The largest absolute Gasteiger partial charge is 0.379 e. The molecule has 2 saturated heterocycles. The average molecular weight is 861 g/mol. The highest BCUT2D eigenvalue weighted by molar-refractivity contribution is 8.00. The van der Waals surface area contributed by atoms with Crippen molar-refractivity contribution in [1.82, 2.24) is 36.8 Å². The first kappa shape index (κ1) is 47.4. The number of benzene rings is 1. The number of ether oxygens (including phenoxy) is 3. The summed E-state index contributed by atoms with van der Waals surface area (Å²) >= 11 is 7.21. The zero-order valence-electron chi connectivity index (χ0n) is 33.7. The first-order valence-electron chi connectivity index (χ1n) is 20.6. The molecule has 19 heteroatoms. The van der Waals surface area contributed by atoms with E-state index in [1.54, 1.807) is 0 Å². The Kier molecular flexibility index (Phi) is 22.0. The maximum absolute atomic E-state index is 12.3. The number of amides is 7. The second-order valence-corrected chi connectivity index (χ2v) is 16.0. The number of fused-ring (bicyclic) bond motifs is 1. The van der Waals surface area contributed by atoms with E-state index in [1.165, 1.54) is 17.1 Å². The third-order valence-corrected chi connectivity index (χ3v) is 11.5. The van der Waals surface area contributed by atoms with Gasteiger partial charge in [0.05, 0.1) is 45.1 Å². The fourth-order valence-corrected chi connectivity index (χ4v) is 8.22. The van der Waals surface area contributed by atoms with Crippen molar-refractivity contribution in [3.63, 3.8) is 0 Å². The second kappa shape index (κ2) is 27.5. The van der Waals surface area contributed by atoms with Crippen LogP contribution in [0.4, 0.5) is 10.5 Å². The molecule has 1 aromatic carbocycles. The normalized spacial score (nSPS) is 18.0. The molecule has 7 N–H and O–H groups in total. The predicted octanol–water partition coefficient (Wildman–Crippen LogP) is 1.86. The van der Waals surface area contributed by atoms with Crippen molar-refractivity contribution in [3.05, 3.63) is 42.0 Å². The second-order valence-electron chi connectivity index (χ2n) is 14.4. The molecule has 17 nitrogen and oxygen atoms in total. The molecule has 7 amide bonds. The van der Waals surface area contributed by atoms with Crippen LogP contribution in [0.2, 0.25) is 0 Å². The molecule has 59 heavy (non-hydrogen) atoms. The molecule has 0 aliphatic carbocycles. The maximum Gasteiger partial charge on any atom is 0.315 e. The Morgan fingerprint density at radius 1 is 0.712 bits per heavy atom. The van der Waals surface area contributed by atoms with Crippen LogP contribution in [-0.2, 0) is 44.7 Å². The Morgan fingerprint density at radius 2 is 1.32 bits per heavy atom. The highest BCUT2D eigenvalue weighted by Gasteiger charge is 2.42.